The van der Waals surface area contributed by atoms with E-state index in [1.807, 2.05) is 18.2 Å². The molecule has 3 atom stereocenters. The molecular formula is C25H20FN3O4. The summed E-state index contributed by atoms with van der Waals surface area (Å²) in [6.07, 6.45) is 4.32. The quantitative estimate of drug-likeness (QED) is 0.618. The number of carbonyl (C=O) groups excluding carboxylic acids is 2. The Kier molecular flexibility index (Phi) is 4.60. The molecule has 8 heteroatoms. The molecule has 2 aliphatic heterocycles. The van der Waals surface area contributed by atoms with Crippen LogP contribution >= 0.6 is 0 Å². The number of nitrogens with zero attached hydrogens (tertiary/aromatic N) is 2. The predicted molar refractivity (Wildman–Crippen MR) is 116 cm³/mol. The van der Waals surface area contributed by atoms with Gasteiger partial charge in [0.05, 0.1) is 6.20 Å². The van der Waals surface area contributed by atoms with Gasteiger partial charge in [-0.15, -0.1) is 0 Å². The Morgan fingerprint density at radius 3 is 2.94 bits per heavy atom. The maximum atomic E-state index is 13.0. The van der Waals surface area contributed by atoms with Crippen molar-refractivity contribution in [2.24, 2.45) is 5.92 Å². The number of anilines is 1. The second kappa shape index (κ2) is 7.65. The highest BCUT2D eigenvalue weighted by atomic mass is 19.1. The lowest BCUT2D eigenvalue weighted by atomic mass is 10.0. The second-order valence-corrected chi connectivity index (χ2v) is 8.65. The van der Waals surface area contributed by atoms with Crippen LogP contribution in [0.2, 0.25) is 0 Å². The number of Topliss-reactive ketones (excluding diaryl/α,β-unsaturated/α-hetero) is 1. The lowest BCUT2D eigenvalue weighted by Crippen LogP contribution is -2.20. The third-order valence-corrected chi connectivity index (χ3v) is 6.43. The second-order valence-electron chi connectivity index (χ2n) is 8.65. The van der Waals surface area contributed by atoms with E-state index in [4.69, 9.17) is 9.47 Å². The van der Waals surface area contributed by atoms with E-state index in [0.717, 1.165) is 23.1 Å². The first-order valence-corrected chi connectivity index (χ1v) is 10.9. The number of rotatable bonds is 6. The van der Waals surface area contributed by atoms with Gasteiger partial charge in [-0.1, -0.05) is 0 Å². The molecule has 1 amide bonds. The minimum absolute atomic E-state index is 0.00396. The summed E-state index contributed by atoms with van der Waals surface area (Å²) in [5.41, 5.74) is 2.50. The van der Waals surface area contributed by atoms with E-state index in [9.17, 15) is 14.0 Å². The van der Waals surface area contributed by atoms with E-state index in [1.165, 1.54) is 6.07 Å². The van der Waals surface area contributed by atoms with Gasteiger partial charge in [-0.05, 0) is 42.8 Å². The molecule has 3 aromatic rings. The Morgan fingerprint density at radius 2 is 2.09 bits per heavy atom. The van der Waals surface area contributed by atoms with Crippen LogP contribution in [0, 0.1) is 11.7 Å². The molecule has 0 saturated heterocycles. The fourth-order valence-corrected chi connectivity index (χ4v) is 4.79. The van der Waals surface area contributed by atoms with Gasteiger partial charge >= 0.3 is 0 Å². The molecule has 0 unspecified atom stereocenters. The predicted octanol–water partition coefficient (Wildman–Crippen LogP) is 3.97. The topological polar surface area (TPSA) is 90.4 Å². The summed E-state index contributed by atoms with van der Waals surface area (Å²) in [5, 5.41) is 2.78. The third kappa shape index (κ3) is 3.71. The molecule has 3 aliphatic rings. The summed E-state index contributed by atoms with van der Waals surface area (Å²) in [6.45, 7) is 0. The van der Waals surface area contributed by atoms with E-state index < -0.39 is 5.82 Å². The van der Waals surface area contributed by atoms with Crippen molar-refractivity contribution in [2.75, 3.05) is 5.32 Å². The summed E-state index contributed by atoms with van der Waals surface area (Å²) in [4.78, 5) is 32.3. The van der Waals surface area contributed by atoms with Crippen LogP contribution in [0.4, 0.5) is 10.2 Å². The first-order valence-electron chi connectivity index (χ1n) is 10.9. The molecule has 1 aromatic carbocycles. The van der Waals surface area contributed by atoms with Crippen molar-refractivity contribution < 1.29 is 23.5 Å². The van der Waals surface area contributed by atoms with Crippen molar-refractivity contribution >= 4 is 17.5 Å². The van der Waals surface area contributed by atoms with Crippen molar-refractivity contribution in [1.29, 1.82) is 0 Å². The Bertz CT molecular complexity index is 1280. The zero-order valence-electron chi connectivity index (χ0n) is 17.6. The number of amides is 1. The molecule has 1 N–H and O–H groups in total. The molecule has 7 nitrogen and oxygen atoms in total. The Morgan fingerprint density at radius 1 is 1.18 bits per heavy atom. The normalized spacial score (nSPS) is 21.8. The minimum atomic E-state index is -0.414. The number of hydrogen-bond acceptors (Lipinski definition) is 6. The zero-order valence-corrected chi connectivity index (χ0v) is 17.6. The van der Waals surface area contributed by atoms with Crippen LogP contribution in [0.1, 0.15) is 35.6 Å². The highest BCUT2D eigenvalue weighted by molar-refractivity contribution is 5.93. The smallest absolute Gasteiger partial charge is 0.225 e. The van der Waals surface area contributed by atoms with Crippen molar-refractivity contribution in [3.63, 3.8) is 0 Å². The average molecular weight is 445 g/mol. The standard InChI is InChI=1S/C25H20FN3O4/c26-13-1-2-14(28-12-13)9-15(30)10-19-23-18-11-16(3-5-20(18)33-24(19)23)32-21-7-8-27-25-17(21)4-6-22(31)29-25/h1-3,5,7-8,11-12,19,23-24H,4,6,9-10H2,(H,27,29,31)/t19-,23-,24+/m0/s1. The summed E-state index contributed by atoms with van der Waals surface area (Å²) in [7, 11) is 0. The number of nitrogens with one attached hydrogen (secondary N) is 1. The first-order chi connectivity index (χ1) is 16.0. The van der Waals surface area contributed by atoms with Crippen LogP contribution in [0.5, 0.6) is 17.2 Å². The number of aromatic nitrogens is 2. The molecule has 2 aromatic heterocycles. The number of fused-ring (bicyclic) bond motifs is 4. The van der Waals surface area contributed by atoms with Crippen LogP contribution in [0.25, 0.3) is 0 Å². The van der Waals surface area contributed by atoms with Crippen LogP contribution in [0.3, 0.4) is 0 Å². The fourth-order valence-electron chi connectivity index (χ4n) is 4.79. The fraction of sp³-hybridized carbons (Fsp3) is 0.280. The van der Waals surface area contributed by atoms with Crippen LogP contribution < -0.4 is 14.8 Å². The van der Waals surface area contributed by atoms with Crippen LogP contribution in [-0.2, 0) is 22.4 Å². The van der Waals surface area contributed by atoms with Gasteiger partial charge in [-0.25, -0.2) is 9.37 Å². The molecule has 1 aliphatic carbocycles. The molecule has 6 rings (SSSR count). The van der Waals surface area contributed by atoms with Gasteiger partial charge in [0.2, 0.25) is 5.91 Å². The van der Waals surface area contributed by atoms with E-state index in [-0.39, 0.29) is 36.1 Å². The molecule has 33 heavy (non-hydrogen) atoms. The number of ketones is 1. The van der Waals surface area contributed by atoms with Crippen molar-refractivity contribution in [3.8, 4) is 17.2 Å². The lowest BCUT2D eigenvalue weighted by Gasteiger charge is -2.19. The van der Waals surface area contributed by atoms with Crippen molar-refractivity contribution in [2.45, 2.75) is 37.7 Å². The summed E-state index contributed by atoms with van der Waals surface area (Å²) >= 11 is 0. The first kappa shape index (κ1) is 19.8. The van der Waals surface area contributed by atoms with Gasteiger partial charge in [0.1, 0.15) is 40.8 Å². The zero-order chi connectivity index (χ0) is 22.5. The van der Waals surface area contributed by atoms with Crippen molar-refractivity contribution in [3.05, 3.63) is 71.4 Å². The van der Waals surface area contributed by atoms with Crippen molar-refractivity contribution in [1.82, 2.24) is 9.97 Å². The summed E-state index contributed by atoms with van der Waals surface area (Å²) in [6, 6.07) is 10.4. The molecule has 1 fully saturated rings. The number of pyridine rings is 2. The van der Waals surface area contributed by atoms with Gasteiger partial charge in [-0.3, -0.25) is 14.6 Å². The van der Waals surface area contributed by atoms with Gasteiger partial charge < -0.3 is 14.8 Å². The highest BCUT2D eigenvalue weighted by Gasteiger charge is 2.59. The number of hydrogen-bond donors (Lipinski definition) is 1. The Hall–Kier alpha value is -3.81. The van der Waals surface area contributed by atoms with E-state index in [0.29, 0.717) is 42.3 Å². The molecule has 166 valence electrons. The van der Waals surface area contributed by atoms with E-state index in [2.05, 4.69) is 15.3 Å². The molecule has 4 heterocycles. The number of benzene rings is 1. The summed E-state index contributed by atoms with van der Waals surface area (Å²) in [5.74, 6) is 2.62. The molecular weight excluding hydrogens is 425 g/mol. The highest BCUT2D eigenvalue weighted by Crippen LogP contribution is 2.60. The van der Waals surface area contributed by atoms with Gasteiger partial charge in [0, 0.05) is 54.1 Å². The number of ether oxygens (including phenoxy) is 2. The number of carbonyl (C=O) groups is 2. The van der Waals surface area contributed by atoms with Gasteiger partial charge in [0.15, 0.2) is 0 Å². The number of halogens is 1. The van der Waals surface area contributed by atoms with Crippen LogP contribution in [-0.4, -0.2) is 27.8 Å². The SMILES string of the molecule is O=C(Cc1ccc(F)cn1)C[C@@H]1[C@H]2Oc3ccc(Oc4ccnc5c4CCC(=O)N5)cc3[C@@H]12. The maximum absolute atomic E-state index is 13.0. The molecule has 0 bridgehead atoms. The van der Waals surface area contributed by atoms with Gasteiger partial charge in [0.25, 0.3) is 0 Å². The Labute approximate surface area is 189 Å². The molecule has 0 radical (unpaired) electrons. The van der Waals surface area contributed by atoms with E-state index in [1.54, 1.807) is 18.3 Å². The van der Waals surface area contributed by atoms with Gasteiger partial charge in [-0.2, -0.15) is 0 Å². The third-order valence-electron chi connectivity index (χ3n) is 6.43. The minimum Gasteiger partial charge on any atom is -0.489 e. The molecule has 1 saturated carbocycles. The lowest BCUT2D eigenvalue weighted by molar-refractivity contribution is -0.119. The average Bonchev–Trinajstić information content (AvgIpc) is 3.31. The maximum Gasteiger partial charge on any atom is 0.225 e. The summed E-state index contributed by atoms with van der Waals surface area (Å²) < 4.78 is 25.2. The van der Waals surface area contributed by atoms with Crippen LogP contribution in [0.15, 0.2) is 48.8 Å². The molecule has 0 spiro atoms. The monoisotopic (exact) mass is 445 g/mol. The van der Waals surface area contributed by atoms with E-state index >= 15 is 0 Å². The largest absolute Gasteiger partial charge is 0.489 e. The Balaban J connectivity index is 1.15.